The third-order valence-electron chi connectivity index (χ3n) is 5.95. The maximum absolute atomic E-state index is 15.0. The number of nitrogens with two attached hydrogens (primary N) is 1. The lowest BCUT2D eigenvalue weighted by Gasteiger charge is -2.33. The number of benzene rings is 1. The highest BCUT2D eigenvalue weighted by Gasteiger charge is 2.70. The van der Waals surface area contributed by atoms with Crippen LogP contribution in [0.15, 0.2) is 35.6 Å². The van der Waals surface area contributed by atoms with E-state index in [0.717, 1.165) is 0 Å². The number of nitrogens with one attached hydrogen (secondary N) is 1. The summed E-state index contributed by atoms with van der Waals surface area (Å²) in [6.45, 7) is 2.95. The third-order valence-corrected chi connectivity index (χ3v) is 7.26. The quantitative estimate of drug-likeness (QED) is 0.616. The van der Waals surface area contributed by atoms with Crippen molar-refractivity contribution in [2.24, 2.45) is 16.6 Å². The fourth-order valence-corrected chi connectivity index (χ4v) is 5.64. The second-order valence-electron chi connectivity index (χ2n) is 8.39. The van der Waals surface area contributed by atoms with Gasteiger partial charge in [-0.15, -0.1) is 0 Å². The summed E-state index contributed by atoms with van der Waals surface area (Å²) in [7, 11) is 1.55. The largest absolute Gasteiger partial charge is 0.469 e. The molecule has 2 aromatic rings. The number of aromatic nitrogens is 2. The summed E-state index contributed by atoms with van der Waals surface area (Å²) in [5, 5.41) is 2.86. The molecular weight excluding hydrogens is 464 g/mol. The Morgan fingerprint density at radius 1 is 1.35 bits per heavy atom. The van der Waals surface area contributed by atoms with Crippen LogP contribution in [0.4, 0.5) is 8.78 Å². The summed E-state index contributed by atoms with van der Waals surface area (Å²) < 4.78 is 34.2. The normalized spacial score (nSPS) is 25.7. The maximum atomic E-state index is 15.0. The Labute approximate surface area is 199 Å². The van der Waals surface area contributed by atoms with Crippen LogP contribution in [0.2, 0.25) is 0 Å². The molecule has 1 fully saturated rings. The second-order valence-corrected chi connectivity index (χ2v) is 9.74. The highest BCUT2D eigenvalue weighted by Crippen LogP contribution is 2.66. The molecule has 4 rings (SSSR count). The van der Waals surface area contributed by atoms with Crippen molar-refractivity contribution in [2.45, 2.75) is 30.6 Å². The van der Waals surface area contributed by atoms with Crippen LogP contribution < -0.4 is 15.8 Å². The van der Waals surface area contributed by atoms with Crippen LogP contribution in [0, 0.1) is 11.7 Å². The van der Waals surface area contributed by atoms with Gasteiger partial charge in [0.2, 0.25) is 11.8 Å². The van der Waals surface area contributed by atoms with Crippen LogP contribution in [-0.2, 0) is 15.1 Å². The number of amidine groups is 1. The van der Waals surface area contributed by atoms with Gasteiger partial charge in [-0.05, 0) is 44.0 Å². The summed E-state index contributed by atoms with van der Waals surface area (Å²) in [6.07, 6.45) is 4.10. The predicted molar refractivity (Wildman–Crippen MR) is 125 cm³/mol. The molecule has 178 valence electrons. The number of carbonyl (C=O) groups is 2. The number of fused-ring (bicyclic) bond motifs is 1. The number of nitrogens with zero attached hydrogens (tertiary/aromatic N) is 3. The highest BCUT2D eigenvalue weighted by atomic mass is 32.2. The van der Waals surface area contributed by atoms with Crippen LogP contribution in [0.1, 0.15) is 37.1 Å². The number of rotatable bonds is 7. The number of aliphatic imine (C=N–C) groups is 1. The zero-order valence-corrected chi connectivity index (χ0v) is 19.6. The number of ketones is 1. The topological polar surface area (TPSA) is 120 Å². The molecule has 1 aromatic carbocycles. The Kier molecular flexibility index (Phi) is 6.15. The zero-order chi connectivity index (χ0) is 24.7. The Balaban J connectivity index is 1.63. The fourth-order valence-electron chi connectivity index (χ4n) is 4.21. The molecule has 0 radical (unpaired) electrons. The number of halogens is 2. The number of hydrogen-bond donors (Lipinski definition) is 2. The summed E-state index contributed by atoms with van der Waals surface area (Å²) in [5.74, 6) is -1.74. The fraction of sp³-hybridized carbons (Fsp3) is 0.348. The van der Waals surface area contributed by atoms with E-state index in [1.54, 1.807) is 14.0 Å². The molecule has 2 aliphatic rings. The number of ether oxygens (including phenoxy) is 1. The van der Waals surface area contributed by atoms with Gasteiger partial charge in [0.1, 0.15) is 22.9 Å². The molecule has 3 N–H and O–H groups in total. The average molecular weight is 488 g/mol. The van der Waals surface area contributed by atoms with Crippen molar-refractivity contribution >= 4 is 40.5 Å². The molecule has 1 aromatic heterocycles. The van der Waals surface area contributed by atoms with Gasteiger partial charge in [0.25, 0.3) is 0 Å². The van der Waals surface area contributed by atoms with Crippen LogP contribution in [0.5, 0.6) is 5.88 Å². The van der Waals surface area contributed by atoms with Crippen molar-refractivity contribution in [1.82, 2.24) is 15.3 Å². The standard InChI is InChI=1S/C23H23F2N5O3S/c1-12(31)11-33-19-10-28-17(9-29-19)16(25)7-13-4-5-15(24)14(6-13)22(2)18-8-23(18,20(32)27-3)34-21(26)30-22/h4-7,9-10,18H,8,11H2,1-3H3,(H2,26,30)(H,27,32). The first kappa shape index (κ1) is 23.8. The number of Topliss-reactive ketones (excluding diaryl/α,β-unsaturated/α-hetero) is 1. The first-order valence-electron chi connectivity index (χ1n) is 10.5. The molecule has 0 saturated heterocycles. The monoisotopic (exact) mass is 487 g/mol. The molecule has 1 aliphatic heterocycles. The minimum atomic E-state index is -1.08. The van der Waals surface area contributed by atoms with Gasteiger partial charge < -0.3 is 15.8 Å². The van der Waals surface area contributed by atoms with Crippen molar-refractivity contribution < 1.29 is 23.1 Å². The first-order valence-corrected chi connectivity index (χ1v) is 11.3. The van der Waals surface area contributed by atoms with Crippen LogP contribution >= 0.6 is 11.8 Å². The van der Waals surface area contributed by atoms with E-state index in [1.165, 1.54) is 55.4 Å². The third kappa shape index (κ3) is 4.27. The molecule has 8 nitrogen and oxygen atoms in total. The van der Waals surface area contributed by atoms with E-state index in [2.05, 4.69) is 20.3 Å². The van der Waals surface area contributed by atoms with E-state index >= 15 is 0 Å². The minimum Gasteiger partial charge on any atom is -0.469 e. The number of carbonyl (C=O) groups excluding carboxylic acids is 2. The van der Waals surface area contributed by atoms with E-state index < -0.39 is 21.9 Å². The van der Waals surface area contributed by atoms with Gasteiger partial charge in [0, 0.05) is 18.5 Å². The van der Waals surface area contributed by atoms with E-state index in [1.807, 2.05) is 0 Å². The molecule has 1 aliphatic carbocycles. The van der Waals surface area contributed by atoms with E-state index in [-0.39, 0.29) is 46.5 Å². The van der Waals surface area contributed by atoms with Gasteiger partial charge in [0.05, 0.1) is 17.9 Å². The summed E-state index contributed by atoms with van der Waals surface area (Å²) in [5.41, 5.74) is 5.51. The van der Waals surface area contributed by atoms with Crippen LogP contribution in [0.25, 0.3) is 11.9 Å². The Bertz CT molecular complexity index is 1220. The molecule has 0 spiro atoms. The summed E-state index contributed by atoms with van der Waals surface area (Å²) in [4.78, 5) is 35.9. The summed E-state index contributed by atoms with van der Waals surface area (Å²) in [6, 6.07) is 4.18. The van der Waals surface area contributed by atoms with E-state index in [9.17, 15) is 18.4 Å². The Morgan fingerprint density at radius 3 is 2.76 bits per heavy atom. The van der Waals surface area contributed by atoms with Crippen LogP contribution in [0.3, 0.4) is 0 Å². The van der Waals surface area contributed by atoms with E-state index in [0.29, 0.717) is 12.0 Å². The van der Waals surface area contributed by atoms with Crippen molar-refractivity contribution in [1.29, 1.82) is 0 Å². The minimum absolute atomic E-state index is 0.0515. The zero-order valence-electron chi connectivity index (χ0n) is 18.8. The van der Waals surface area contributed by atoms with Gasteiger partial charge in [-0.1, -0.05) is 17.8 Å². The van der Waals surface area contributed by atoms with Gasteiger partial charge in [-0.3, -0.25) is 14.6 Å². The van der Waals surface area contributed by atoms with Crippen LogP contribution in [-0.4, -0.2) is 45.2 Å². The Morgan fingerprint density at radius 2 is 2.12 bits per heavy atom. The molecule has 11 heteroatoms. The molecule has 34 heavy (non-hydrogen) atoms. The molecule has 3 atom stereocenters. The smallest absolute Gasteiger partial charge is 0.236 e. The van der Waals surface area contributed by atoms with Gasteiger partial charge in [-0.2, -0.15) is 0 Å². The lowest BCUT2D eigenvalue weighted by Crippen LogP contribution is -2.43. The second kappa shape index (κ2) is 8.79. The molecule has 2 heterocycles. The maximum Gasteiger partial charge on any atom is 0.236 e. The number of hydrogen-bond acceptors (Lipinski definition) is 8. The van der Waals surface area contributed by atoms with Crippen molar-refractivity contribution in [2.75, 3.05) is 13.7 Å². The van der Waals surface area contributed by atoms with Gasteiger partial charge >= 0.3 is 0 Å². The first-order chi connectivity index (χ1) is 16.1. The SMILES string of the molecule is CNC(=O)C12CC1C(C)(c1cc(C=C(F)c3cnc(OCC(C)=O)cn3)ccc1F)N=C(N)S2. The molecule has 1 saturated carbocycles. The lowest BCUT2D eigenvalue weighted by molar-refractivity contribution is -0.121. The molecule has 1 amide bonds. The predicted octanol–water partition coefficient (Wildman–Crippen LogP) is 2.83. The number of thioether (sulfide) groups is 1. The lowest BCUT2D eigenvalue weighted by atomic mass is 9.84. The van der Waals surface area contributed by atoms with Crippen molar-refractivity contribution in [3.8, 4) is 5.88 Å². The van der Waals surface area contributed by atoms with E-state index in [4.69, 9.17) is 10.5 Å². The number of amides is 1. The van der Waals surface area contributed by atoms with Crippen molar-refractivity contribution in [3.05, 3.63) is 53.2 Å². The molecular formula is C23H23F2N5O3S. The summed E-state index contributed by atoms with van der Waals surface area (Å²) >= 11 is 1.19. The average Bonchev–Trinajstić information content (AvgIpc) is 3.55. The molecule has 3 unspecified atom stereocenters. The highest BCUT2D eigenvalue weighted by molar-refractivity contribution is 8.15. The van der Waals surface area contributed by atoms with Crippen molar-refractivity contribution in [3.63, 3.8) is 0 Å². The van der Waals surface area contributed by atoms with Gasteiger partial charge in [-0.25, -0.2) is 18.7 Å². The molecule has 0 bridgehead atoms. The van der Waals surface area contributed by atoms with Gasteiger partial charge in [0.15, 0.2) is 16.8 Å². The Hall–Kier alpha value is -3.34.